The van der Waals surface area contributed by atoms with Crippen molar-refractivity contribution in [2.75, 3.05) is 39.8 Å². The van der Waals surface area contributed by atoms with Gasteiger partial charge in [-0.1, -0.05) is 29.8 Å². The Morgan fingerprint density at radius 1 is 1.04 bits per heavy atom. The van der Waals surface area contributed by atoms with Crippen LogP contribution >= 0.6 is 0 Å². The quantitative estimate of drug-likeness (QED) is 0.797. The Morgan fingerprint density at radius 3 is 2.36 bits per heavy atom. The van der Waals surface area contributed by atoms with Crippen LogP contribution < -0.4 is 0 Å². The van der Waals surface area contributed by atoms with Crippen molar-refractivity contribution in [2.45, 2.75) is 13.5 Å². The molecule has 2 aromatic rings. The number of hydrogen-bond acceptors (Lipinski definition) is 3. The van der Waals surface area contributed by atoms with Gasteiger partial charge in [-0.3, -0.25) is 14.5 Å². The minimum atomic E-state index is -0.390. The zero-order valence-electron chi connectivity index (χ0n) is 16.4. The van der Waals surface area contributed by atoms with E-state index in [0.717, 1.165) is 19.6 Å². The topological polar surface area (TPSA) is 43.9 Å². The van der Waals surface area contributed by atoms with E-state index < -0.39 is 0 Å². The van der Waals surface area contributed by atoms with E-state index in [2.05, 4.69) is 36.1 Å². The first kappa shape index (κ1) is 20.0. The monoisotopic (exact) mass is 383 g/mol. The van der Waals surface area contributed by atoms with Crippen LogP contribution in [0.2, 0.25) is 0 Å². The highest BCUT2D eigenvalue weighted by molar-refractivity contribution is 5.96. The number of aryl methyl sites for hydroxylation is 1. The molecule has 0 spiro atoms. The summed E-state index contributed by atoms with van der Waals surface area (Å²) in [6, 6.07) is 13.8. The van der Waals surface area contributed by atoms with Crippen LogP contribution in [0.1, 0.15) is 21.5 Å². The average Bonchev–Trinajstić information content (AvgIpc) is 2.68. The summed E-state index contributed by atoms with van der Waals surface area (Å²) in [6.07, 6.45) is 0. The van der Waals surface area contributed by atoms with E-state index in [1.807, 2.05) is 0 Å². The minimum absolute atomic E-state index is 0.0219. The lowest BCUT2D eigenvalue weighted by Crippen LogP contribution is -2.51. The first-order valence-corrected chi connectivity index (χ1v) is 9.49. The third-order valence-electron chi connectivity index (χ3n) is 5.02. The van der Waals surface area contributed by atoms with Crippen LogP contribution in [-0.2, 0) is 11.3 Å². The Balaban J connectivity index is 1.48. The van der Waals surface area contributed by atoms with Gasteiger partial charge in [0.2, 0.25) is 5.91 Å². The van der Waals surface area contributed by atoms with Crippen molar-refractivity contribution in [1.82, 2.24) is 14.7 Å². The number of carbonyl (C=O) groups excluding carboxylic acids is 2. The second kappa shape index (κ2) is 8.97. The molecule has 5 nitrogen and oxygen atoms in total. The van der Waals surface area contributed by atoms with E-state index in [-0.39, 0.29) is 24.2 Å². The fourth-order valence-electron chi connectivity index (χ4n) is 3.41. The van der Waals surface area contributed by atoms with Crippen molar-refractivity contribution in [2.24, 2.45) is 0 Å². The van der Waals surface area contributed by atoms with Crippen LogP contribution in [0, 0.1) is 12.7 Å². The summed E-state index contributed by atoms with van der Waals surface area (Å²) in [7, 11) is 1.59. The minimum Gasteiger partial charge on any atom is -0.339 e. The van der Waals surface area contributed by atoms with E-state index >= 15 is 0 Å². The first-order valence-electron chi connectivity index (χ1n) is 9.49. The number of carbonyl (C=O) groups is 2. The Bertz CT molecular complexity index is 830. The van der Waals surface area contributed by atoms with Crippen molar-refractivity contribution in [3.63, 3.8) is 0 Å². The second-order valence-corrected chi connectivity index (χ2v) is 7.31. The van der Waals surface area contributed by atoms with Crippen LogP contribution in [0.25, 0.3) is 0 Å². The van der Waals surface area contributed by atoms with Crippen molar-refractivity contribution >= 4 is 11.8 Å². The van der Waals surface area contributed by atoms with Crippen LogP contribution in [-0.4, -0.2) is 66.3 Å². The van der Waals surface area contributed by atoms with Crippen LogP contribution in [0.15, 0.2) is 48.5 Å². The zero-order chi connectivity index (χ0) is 20.1. The molecule has 28 heavy (non-hydrogen) atoms. The number of piperazine rings is 1. The lowest BCUT2D eigenvalue weighted by Gasteiger charge is -2.35. The maximum atomic E-state index is 13.0. The zero-order valence-corrected chi connectivity index (χ0v) is 16.4. The molecule has 1 aliphatic rings. The number of rotatable bonds is 5. The molecule has 1 aliphatic heterocycles. The maximum Gasteiger partial charge on any atom is 0.254 e. The molecule has 1 saturated heterocycles. The predicted molar refractivity (Wildman–Crippen MR) is 106 cm³/mol. The Kier molecular flexibility index (Phi) is 6.41. The van der Waals surface area contributed by atoms with Crippen LogP contribution in [0.4, 0.5) is 4.39 Å². The molecule has 0 bridgehead atoms. The highest BCUT2D eigenvalue weighted by Gasteiger charge is 2.23. The highest BCUT2D eigenvalue weighted by atomic mass is 19.1. The maximum absolute atomic E-state index is 13.0. The SMILES string of the molecule is Cc1cccc(CN2CCN(C(=O)CN(C)C(=O)c3ccc(F)cc3)CC2)c1. The van der Waals surface area contributed by atoms with Gasteiger partial charge in [-0.25, -0.2) is 4.39 Å². The van der Waals surface area contributed by atoms with Gasteiger partial charge in [0.05, 0.1) is 6.54 Å². The van der Waals surface area contributed by atoms with Gasteiger partial charge < -0.3 is 9.80 Å². The fraction of sp³-hybridized carbons (Fsp3) is 0.364. The van der Waals surface area contributed by atoms with Crippen molar-refractivity contribution in [1.29, 1.82) is 0 Å². The Hall–Kier alpha value is -2.73. The number of halogens is 1. The van der Waals surface area contributed by atoms with Crippen molar-refractivity contribution in [3.05, 3.63) is 71.0 Å². The molecule has 0 N–H and O–H groups in total. The standard InChI is InChI=1S/C22H26FN3O2/c1-17-4-3-5-18(14-17)15-25-10-12-26(13-11-25)21(27)16-24(2)22(28)19-6-8-20(23)9-7-19/h3-9,14H,10-13,15-16H2,1-2H3. The molecular formula is C22H26FN3O2. The summed E-state index contributed by atoms with van der Waals surface area (Å²) < 4.78 is 13.0. The average molecular weight is 383 g/mol. The van der Waals surface area contributed by atoms with Gasteiger partial charge in [-0.05, 0) is 36.8 Å². The molecule has 0 radical (unpaired) electrons. The molecule has 1 fully saturated rings. The molecule has 0 saturated carbocycles. The van der Waals surface area contributed by atoms with Gasteiger partial charge in [0.25, 0.3) is 5.91 Å². The largest absolute Gasteiger partial charge is 0.339 e. The molecular weight excluding hydrogens is 357 g/mol. The van der Waals surface area contributed by atoms with E-state index in [0.29, 0.717) is 18.7 Å². The lowest BCUT2D eigenvalue weighted by molar-refractivity contribution is -0.133. The molecule has 0 unspecified atom stereocenters. The van der Waals surface area contributed by atoms with Gasteiger partial charge in [0.15, 0.2) is 0 Å². The Morgan fingerprint density at radius 2 is 1.71 bits per heavy atom. The summed E-state index contributed by atoms with van der Waals surface area (Å²) in [5.74, 6) is -0.738. The van der Waals surface area contributed by atoms with Gasteiger partial charge >= 0.3 is 0 Å². The summed E-state index contributed by atoms with van der Waals surface area (Å²) in [5, 5.41) is 0. The summed E-state index contributed by atoms with van der Waals surface area (Å²) in [5.41, 5.74) is 2.91. The molecule has 148 valence electrons. The summed E-state index contributed by atoms with van der Waals surface area (Å²) in [4.78, 5) is 30.5. The number of nitrogens with zero attached hydrogens (tertiary/aromatic N) is 3. The molecule has 2 amide bonds. The third-order valence-corrected chi connectivity index (χ3v) is 5.02. The predicted octanol–water partition coefficient (Wildman–Crippen LogP) is 2.55. The molecule has 0 aromatic heterocycles. The van der Waals surface area contributed by atoms with E-state index in [9.17, 15) is 14.0 Å². The van der Waals surface area contributed by atoms with Crippen molar-refractivity contribution < 1.29 is 14.0 Å². The van der Waals surface area contributed by atoms with Gasteiger partial charge in [-0.15, -0.1) is 0 Å². The van der Waals surface area contributed by atoms with E-state index in [1.165, 1.54) is 40.3 Å². The molecule has 6 heteroatoms. The second-order valence-electron chi connectivity index (χ2n) is 7.31. The number of hydrogen-bond donors (Lipinski definition) is 0. The van der Waals surface area contributed by atoms with Gasteiger partial charge in [-0.2, -0.15) is 0 Å². The molecule has 3 rings (SSSR count). The molecule has 2 aromatic carbocycles. The molecule has 0 aliphatic carbocycles. The number of amides is 2. The normalized spacial score (nSPS) is 14.8. The fourth-order valence-corrected chi connectivity index (χ4v) is 3.41. The van der Waals surface area contributed by atoms with Crippen molar-refractivity contribution in [3.8, 4) is 0 Å². The van der Waals surface area contributed by atoms with Gasteiger partial charge in [0, 0.05) is 45.3 Å². The van der Waals surface area contributed by atoms with E-state index in [1.54, 1.807) is 11.9 Å². The first-order chi connectivity index (χ1) is 13.4. The van der Waals surface area contributed by atoms with Crippen LogP contribution in [0.3, 0.4) is 0 Å². The Labute approximate surface area is 165 Å². The summed E-state index contributed by atoms with van der Waals surface area (Å²) >= 11 is 0. The number of likely N-dealkylation sites (N-methyl/N-ethyl adjacent to an activating group) is 1. The molecule has 1 heterocycles. The van der Waals surface area contributed by atoms with E-state index in [4.69, 9.17) is 0 Å². The lowest BCUT2D eigenvalue weighted by atomic mass is 10.1. The highest BCUT2D eigenvalue weighted by Crippen LogP contribution is 2.11. The molecule has 0 atom stereocenters. The third kappa shape index (κ3) is 5.16. The van der Waals surface area contributed by atoms with Crippen LogP contribution in [0.5, 0.6) is 0 Å². The smallest absolute Gasteiger partial charge is 0.254 e. The van der Waals surface area contributed by atoms with Gasteiger partial charge in [0.1, 0.15) is 5.82 Å². The number of benzene rings is 2. The summed E-state index contributed by atoms with van der Waals surface area (Å²) in [6.45, 7) is 5.93.